The minimum atomic E-state index is -0.501. The highest BCUT2D eigenvalue weighted by atomic mass is 16.5. The smallest absolute Gasteiger partial charge is 0.327 e. The molecule has 1 N–H and O–H groups in total. The average molecular weight is 287 g/mol. The van der Waals surface area contributed by atoms with Crippen molar-refractivity contribution < 1.29 is 9.53 Å². The molecule has 0 aliphatic carbocycles. The van der Waals surface area contributed by atoms with Crippen molar-refractivity contribution in [2.75, 3.05) is 6.61 Å². The molecule has 112 valence electrons. The van der Waals surface area contributed by atoms with Gasteiger partial charge in [0.05, 0.1) is 12.3 Å². The second-order valence-corrected chi connectivity index (χ2v) is 4.90. The van der Waals surface area contributed by atoms with E-state index in [-0.39, 0.29) is 5.97 Å². The largest absolute Gasteiger partial charge is 0.465 e. The zero-order valence-electron chi connectivity index (χ0n) is 12.7. The van der Waals surface area contributed by atoms with Crippen LogP contribution >= 0.6 is 0 Å². The highest BCUT2D eigenvalue weighted by Crippen LogP contribution is 2.18. The third kappa shape index (κ3) is 3.92. The fraction of sp³-hybridized carbons (Fsp3) is 0.375. The first-order chi connectivity index (χ1) is 10.1. The molecule has 1 aromatic carbocycles. The van der Waals surface area contributed by atoms with Crippen LogP contribution in [0.2, 0.25) is 0 Å². The predicted octanol–water partition coefficient (Wildman–Crippen LogP) is 2.12. The van der Waals surface area contributed by atoms with Crippen molar-refractivity contribution in [2.45, 2.75) is 26.4 Å². The zero-order valence-corrected chi connectivity index (χ0v) is 12.7. The molecule has 0 aliphatic heterocycles. The molecule has 0 bridgehead atoms. The van der Waals surface area contributed by atoms with Gasteiger partial charge in [-0.1, -0.05) is 30.3 Å². The molecule has 0 radical (unpaired) electrons. The van der Waals surface area contributed by atoms with Gasteiger partial charge in [0, 0.05) is 25.4 Å². The van der Waals surface area contributed by atoms with Crippen molar-refractivity contribution in [1.29, 1.82) is 0 Å². The van der Waals surface area contributed by atoms with Crippen molar-refractivity contribution in [1.82, 2.24) is 15.1 Å². The maximum absolute atomic E-state index is 12.2. The van der Waals surface area contributed by atoms with Gasteiger partial charge in [-0.15, -0.1) is 0 Å². The predicted molar refractivity (Wildman–Crippen MR) is 80.6 cm³/mol. The fourth-order valence-electron chi connectivity index (χ4n) is 2.26. The summed E-state index contributed by atoms with van der Waals surface area (Å²) >= 11 is 0. The Morgan fingerprint density at radius 3 is 2.67 bits per heavy atom. The summed E-state index contributed by atoms with van der Waals surface area (Å²) in [4.78, 5) is 12.2. The van der Waals surface area contributed by atoms with Crippen LogP contribution in [0, 0.1) is 6.92 Å². The molecule has 0 saturated carbocycles. The molecule has 2 rings (SSSR count). The summed E-state index contributed by atoms with van der Waals surface area (Å²) in [6, 6.07) is 9.46. The Morgan fingerprint density at radius 1 is 1.38 bits per heavy atom. The van der Waals surface area contributed by atoms with Crippen LogP contribution in [0.1, 0.15) is 29.8 Å². The molecule has 2 aromatic rings. The molecular weight excluding hydrogens is 266 g/mol. The lowest BCUT2D eigenvalue weighted by Gasteiger charge is -2.17. The summed E-state index contributed by atoms with van der Waals surface area (Å²) in [6.07, 6.45) is 1.86. The van der Waals surface area contributed by atoms with Gasteiger partial charge in [-0.25, -0.2) is 4.79 Å². The highest BCUT2D eigenvalue weighted by molar-refractivity contribution is 5.77. The van der Waals surface area contributed by atoms with E-state index in [1.54, 1.807) is 4.68 Å². The lowest BCUT2D eigenvalue weighted by molar-refractivity contribution is -0.145. The second kappa shape index (κ2) is 7.04. The average Bonchev–Trinajstić information content (AvgIpc) is 2.79. The monoisotopic (exact) mass is 287 g/mol. The third-order valence-electron chi connectivity index (χ3n) is 3.24. The van der Waals surface area contributed by atoms with Crippen LogP contribution < -0.4 is 5.32 Å². The van der Waals surface area contributed by atoms with Gasteiger partial charge in [-0.05, 0) is 19.4 Å². The van der Waals surface area contributed by atoms with Crippen LogP contribution in [0.15, 0.2) is 36.5 Å². The number of aromatic nitrogens is 2. The van der Waals surface area contributed by atoms with Crippen molar-refractivity contribution in [3.05, 3.63) is 53.3 Å². The van der Waals surface area contributed by atoms with Crippen molar-refractivity contribution in [3.63, 3.8) is 0 Å². The summed E-state index contributed by atoms with van der Waals surface area (Å²) < 4.78 is 6.88. The van der Waals surface area contributed by atoms with E-state index in [9.17, 15) is 4.79 Å². The number of rotatable bonds is 6. The number of carbonyl (C=O) groups is 1. The molecule has 0 fully saturated rings. The Balaban J connectivity index is 2.16. The molecule has 5 heteroatoms. The first kappa shape index (κ1) is 15.3. The zero-order chi connectivity index (χ0) is 15.2. The molecule has 1 aromatic heterocycles. The number of hydrogen-bond donors (Lipinski definition) is 1. The van der Waals surface area contributed by atoms with Gasteiger partial charge in [0.2, 0.25) is 0 Å². The standard InChI is InChI=1S/C16H21N3O2/c1-4-21-16(20)15(14-11-19(3)18-12(14)2)17-10-13-8-6-5-7-9-13/h5-9,11,15,17H,4,10H2,1-3H3. The van der Waals surface area contributed by atoms with E-state index < -0.39 is 6.04 Å². The Hall–Kier alpha value is -2.14. The van der Waals surface area contributed by atoms with Crippen LogP contribution in [-0.4, -0.2) is 22.4 Å². The fourth-order valence-corrected chi connectivity index (χ4v) is 2.26. The number of esters is 1. The molecule has 21 heavy (non-hydrogen) atoms. The second-order valence-electron chi connectivity index (χ2n) is 4.90. The molecule has 1 atom stereocenters. The summed E-state index contributed by atoms with van der Waals surface area (Å²) in [5.74, 6) is -0.274. The van der Waals surface area contributed by atoms with Crippen LogP contribution in [-0.2, 0) is 23.1 Å². The van der Waals surface area contributed by atoms with E-state index in [0.29, 0.717) is 13.2 Å². The topological polar surface area (TPSA) is 56.1 Å². The quantitative estimate of drug-likeness (QED) is 0.827. The van der Waals surface area contributed by atoms with E-state index >= 15 is 0 Å². The van der Waals surface area contributed by atoms with Gasteiger partial charge in [-0.2, -0.15) is 5.10 Å². The number of nitrogens with one attached hydrogen (secondary N) is 1. The molecular formula is C16H21N3O2. The van der Waals surface area contributed by atoms with E-state index in [4.69, 9.17) is 4.74 Å². The summed E-state index contributed by atoms with van der Waals surface area (Å²) in [5, 5.41) is 7.56. The highest BCUT2D eigenvalue weighted by Gasteiger charge is 2.25. The maximum Gasteiger partial charge on any atom is 0.327 e. The minimum Gasteiger partial charge on any atom is -0.465 e. The Bertz CT molecular complexity index is 593. The van der Waals surface area contributed by atoms with Crippen LogP contribution in [0.25, 0.3) is 0 Å². The molecule has 0 spiro atoms. The van der Waals surface area contributed by atoms with Crippen molar-refractivity contribution in [2.24, 2.45) is 7.05 Å². The van der Waals surface area contributed by atoms with Gasteiger partial charge in [0.1, 0.15) is 6.04 Å². The lowest BCUT2D eigenvalue weighted by Crippen LogP contribution is -2.30. The van der Waals surface area contributed by atoms with E-state index in [2.05, 4.69) is 10.4 Å². The van der Waals surface area contributed by atoms with Crippen LogP contribution in [0.4, 0.5) is 0 Å². The van der Waals surface area contributed by atoms with E-state index in [1.165, 1.54) is 0 Å². The number of ether oxygens (including phenoxy) is 1. The summed E-state index contributed by atoms with van der Waals surface area (Å²) in [7, 11) is 1.84. The number of hydrogen-bond acceptors (Lipinski definition) is 4. The SMILES string of the molecule is CCOC(=O)C(NCc1ccccc1)c1cn(C)nc1C. The Kier molecular flexibility index (Phi) is 5.11. The maximum atomic E-state index is 12.2. The Morgan fingerprint density at radius 2 is 2.10 bits per heavy atom. The van der Waals surface area contributed by atoms with Gasteiger partial charge in [-0.3, -0.25) is 10.00 Å². The van der Waals surface area contributed by atoms with Crippen LogP contribution in [0.5, 0.6) is 0 Å². The normalized spacial score (nSPS) is 12.1. The first-order valence-corrected chi connectivity index (χ1v) is 7.06. The Labute approximate surface area is 124 Å². The number of nitrogens with zero attached hydrogens (tertiary/aromatic N) is 2. The molecule has 0 saturated heterocycles. The van der Waals surface area contributed by atoms with Crippen LogP contribution in [0.3, 0.4) is 0 Å². The van der Waals surface area contributed by atoms with Crippen molar-refractivity contribution in [3.8, 4) is 0 Å². The lowest BCUT2D eigenvalue weighted by atomic mass is 10.1. The molecule has 0 amide bonds. The van der Waals surface area contributed by atoms with Gasteiger partial charge in [0.25, 0.3) is 0 Å². The minimum absolute atomic E-state index is 0.274. The van der Waals surface area contributed by atoms with E-state index in [1.807, 2.05) is 57.4 Å². The molecule has 1 heterocycles. The number of benzene rings is 1. The summed E-state index contributed by atoms with van der Waals surface area (Å²) in [6.45, 7) is 4.66. The van der Waals surface area contributed by atoms with Crippen molar-refractivity contribution >= 4 is 5.97 Å². The molecule has 1 unspecified atom stereocenters. The third-order valence-corrected chi connectivity index (χ3v) is 3.24. The first-order valence-electron chi connectivity index (χ1n) is 7.06. The number of aryl methyl sites for hydroxylation is 2. The molecule has 5 nitrogen and oxygen atoms in total. The number of carbonyl (C=O) groups excluding carboxylic acids is 1. The van der Waals surface area contributed by atoms with Gasteiger partial charge in [0.15, 0.2) is 0 Å². The molecule has 0 aliphatic rings. The van der Waals surface area contributed by atoms with E-state index in [0.717, 1.165) is 16.8 Å². The van der Waals surface area contributed by atoms with Gasteiger partial charge < -0.3 is 4.74 Å². The van der Waals surface area contributed by atoms with Gasteiger partial charge >= 0.3 is 5.97 Å². The summed E-state index contributed by atoms with van der Waals surface area (Å²) in [5.41, 5.74) is 2.80.